The molecule has 0 spiro atoms. The number of amides is 1. The normalized spacial score (nSPS) is 22.8. The summed E-state index contributed by atoms with van der Waals surface area (Å²) in [4.78, 5) is 14.7. The highest BCUT2D eigenvalue weighted by Gasteiger charge is 2.30. The van der Waals surface area contributed by atoms with E-state index in [0.717, 1.165) is 25.8 Å². The number of nitrogens with two attached hydrogens (primary N) is 1. The van der Waals surface area contributed by atoms with Crippen molar-refractivity contribution < 1.29 is 14.3 Å². The topological polar surface area (TPSA) is 64.8 Å². The van der Waals surface area contributed by atoms with E-state index in [2.05, 4.69) is 0 Å². The molecule has 2 aliphatic rings. The molecule has 0 bridgehead atoms. The fourth-order valence-corrected chi connectivity index (χ4v) is 3.10. The number of fused-ring (bicyclic) bond motifs is 1. The van der Waals surface area contributed by atoms with Crippen molar-refractivity contribution >= 4 is 5.91 Å². The number of rotatable bonds is 2. The van der Waals surface area contributed by atoms with Gasteiger partial charge in [0, 0.05) is 24.2 Å². The summed E-state index contributed by atoms with van der Waals surface area (Å²) in [5, 5.41) is 0. The van der Waals surface area contributed by atoms with Crippen LogP contribution in [0.2, 0.25) is 0 Å². The zero-order chi connectivity index (χ0) is 14.8. The lowest BCUT2D eigenvalue weighted by atomic mass is 9.96. The first-order valence-electron chi connectivity index (χ1n) is 7.63. The van der Waals surface area contributed by atoms with E-state index < -0.39 is 0 Å². The molecule has 0 aromatic heterocycles. The second-order valence-electron chi connectivity index (χ2n) is 5.78. The molecule has 21 heavy (non-hydrogen) atoms. The summed E-state index contributed by atoms with van der Waals surface area (Å²) in [5.41, 5.74) is 6.69. The van der Waals surface area contributed by atoms with Gasteiger partial charge in [0.25, 0.3) is 5.91 Å². The van der Waals surface area contributed by atoms with Crippen molar-refractivity contribution in [1.82, 2.24) is 4.90 Å². The van der Waals surface area contributed by atoms with E-state index in [1.165, 1.54) is 0 Å². The van der Waals surface area contributed by atoms with Crippen LogP contribution in [-0.4, -0.2) is 42.6 Å². The molecule has 0 aliphatic carbocycles. The van der Waals surface area contributed by atoms with Gasteiger partial charge in [-0.25, -0.2) is 0 Å². The number of benzene rings is 1. The van der Waals surface area contributed by atoms with Gasteiger partial charge in [-0.05, 0) is 44.4 Å². The van der Waals surface area contributed by atoms with Crippen LogP contribution < -0.4 is 15.2 Å². The van der Waals surface area contributed by atoms with Crippen LogP contribution in [0.5, 0.6) is 11.5 Å². The van der Waals surface area contributed by atoms with E-state index in [1.54, 1.807) is 6.07 Å². The molecule has 1 fully saturated rings. The maximum atomic E-state index is 12.8. The van der Waals surface area contributed by atoms with Crippen LogP contribution in [0.3, 0.4) is 0 Å². The van der Waals surface area contributed by atoms with E-state index in [4.69, 9.17) is 15.2 Å². The lowest BCUT2D eigenvalue weighted by molar-refractivity contribution is 0.0583. The third-order valence-corrected chi connectivity index (χ3v) is 4.21. The molecule has 2 atom stereocenters. The third-order valence-electron chi connectivity index (χ3n) is 4.21. The minimum absolute atomic E-state index is 0.00791. The summed E-state index contributed by atoms with van der Waals surface area (Å²) in [6, 6.07) is 5.52. The lowest BCUT2D eigenvalue weighted by Crippen LogP contribution is -2.51. The minimum atomic E-state index is -0.00791. The number of carbonyl (C=O) groups excluding carboxylic acids is 1. The molecule has 0 saturated carbocycles. The Morgan fingerprint density at radius 1 is 1.29 bits per heavy atom. The Morgan fingerprint density at radius 3 is 2.81 bits per heavy atom. The summed E-state index contributed by atoms with van der Waals surface area (Å²) >= 11 is 0. The van der Waals surface area contributed by atoms with Crippen molar-refractivity contribution in [1.29, 1.82) is 0 Å². The van der Waals surface area contributed by atoms with Crippen LogP contribution >= 0.6 is 0 Å². The van der Waals surface area contributed by atoms with Gasteiger partial charge < -0.3 is 20.1 Å². The largest absolute Gasteiger partial charge is 0.486 e. The second kappa shape index (κ2) is 5.93. The van der Waals surface area contributed by atoms with Gasteiger partial charge >= 0.3 is 0 Å². The highest BCUT2D eigenvalue weighted by molar-refractivity contribution is 5.95. The summed E-state index contributed by atoms with van der Waals surface area (Å²) < 4.78 is 11.0. The van der Waals surface area contributed by atoms with Crippen LogP contribution in [0.1, 0.15) is 36.5 Å². The van der Waals surface area contributed by atoms with Crippen LogP contribution in [0, 0.1) is 0 Å². The average Bonchev–Trinajstić information content (AvgIpc) is 2.53. The van der Waals surface area contributed by atoms with E-state index in [0.29, 0.717) is 30.3 Å². The molecule has 114 valence electrons. The molecule has 1 aromatic carbocycles. The Labute approximate surface area is 125 Å². The fourth-order valence-electron chi connectivity index (χ4n) is 3.10. The Balaban J connectivity index is 1.83. The predicted octanol–water partition coefficient (Wildman–Crippen LogP) is 1.80. The number of likely N-dealkylation sites (tertiary alicyclic amines) is 1. The molecule has 0 radical (unpaired) electrons. The third kappa shape index (κ3) is 2.83. The Bertz CT molecular complexity index is 530. The molecule has 2 unspecified atom stereocenters. The van der Waals surface area contributed by atoms with Crippen molar-refractivity contribution in [2.24, 2.45) is 5.73 Å². The van der Waals surface area contributed by atoms with Gasteiger partial charge in [0.1, 0.15) is 13.2 Å². The van der Waals surface area contributed by atoms with Gasteiger partial charge in [0.2, 0.25) is 0 Å². The van der Waals surface area contributed by atoms with Crippen molar-refractivity contribution in [3.05, 3.63) is 23.8 Å². The number of hydrogen-bond acceptors (Lipinski definition) is 4. The van der Waals surface area contributed by atoms with Crippen molar-refractivity contribution in [3.63, 3.8) is 0 Å². The molecule has 2 aliphatic heterocycles. The van der Waals surface area contributed by atoms with Crippen LogP contribution in [0.4, 0.5) is 0 Å². The molecule has 2 heterocycles. The monoisotopic (exact) mass is 290 g/mol. The Kier molecular flexibility index (Phi) is 4.01. The van der Waals surface area contributed by atoms with Crippen LogP contribution in [0.25, 0.3) is 0 Å². The molecule has 5 nitrogen and oxygen atoms in total. The first kappa shape index (κ1) is 14.2. The summed E-state index contributed by atoms with van der Waals surface area (Å²) in [5.74, 6) is 1.40. The second-order valence-corrected chi connectivity index (χ2v) is 5.78. The Morgan fingerprint density at radius 2 is 2.05 bits per heavy atom. The molecule has 1 amide bonds. The zero-order valence-corrected chi connectivity index (χ0v) is 12.4. The van der Waals surface area contributed by atoms with Gasteiger partial charge in [0.15, 0.2) is 11.5 Å². The smallest absolute Gasteiger partial charge is 0.254 e. The van der Waals surface area contributed by atoms with Crippen LogP contribution in [-0.2, 0) is 0 Å². The molecule has 3 rings (SSSR count). The summed E-state index contributed by atoms with van der Waals surface area (Å²) in [6.45, 7) is 3.83. The maximum absolute atomic E-state index is 12.8. The van der Waals surface area contributed by atoms with E-state index in [1.807, 2.05) is 24.0 Å². The van der Waals surface area contributed by atoms with Crippen LogP contribution in [0.15, 0.2) is 18.2 Å². The highest BCUT2D eigenvalue weighted by atomic mass is 16.6. The average molecular weight is 290 g/mol. The number of piperidine rings is 1. The minimum Gasteiger partial charge on any atom is -0.486 e. The molecule has 1 saturated heterocycles. The molecule has 1 aromatic rings. The fraction of sp³-hybridized carbons (Fsp3) is 0.562. The SMILES string of the molecule is CC(N)C1CCCCN1C(=O)c1ccc2c(c1)OCCO2. The molecular formula is C16H22N2O3. The standard InChI is InChI=1S/C16H22N2O3/c1-11(17)13-4-2-3-7-18(13)16(19)12-5-6-14-15(10-12)21-9-8-20-14/h5-6,10-11,13H,2-4,7-9,17H2,1H3. The molecular weight excluding hydrogens is 268 g/mol. The number of nitrogens with zero attached hydrogens (tertiary/aromatic N) is 1. The van der Waals surface area contributed by atoms with Gasteiger partial charge in [-0.3, -0.25) is 4.79 Å². The van der Waals surface area contributed by atoms with E-state index in [9.17, 15) is 4.79 Å². The maximum Gasteiger partial charge on any atom is 0.254 e. The van der Waals surface area contributed by atoms with Crippen molar-refractivity contribution in [2.45, 2.75) is 38.3 Å². The predicted molar refractivity (Wildman–Crippen MR) is 79.8 cm³/mol. The van der Waals surface area contributed by atoms with E-state index >= 15 is 0 Å². The summed E-state index contributed by atoms with van der Waals surface area (Å²) in [6.07, 6.45) is 3.16. The van der Waals surface area contributed by atoms with Crippen molar-refractivity contribution in [2.75, 3.05) is 19.8 Å². The number of carbonyl (C=O) groups is 1. The van der Waals surface area contributed by atoms with Gasteiger partial charge in [0.05, 0.1) is 0 Å². The first-order valence-corrected chi connectivity index (χ1v) is 7.63. The molecule has 2 N–H and O–H groups in total. The quantitative estimate of drug-likeness (QED) is 0.902. The van der Waals surface area contributed by atoms with Gasteiger partial charge in [-0.15, -0.1) is 0 Å². The highest BCUT2D eigenvalue weighted by Crippen LogP contribution is 2.32. The van der Waals surface area contributed by atoms with E-state index in [-0.39, 0.29) is 18.0 Å². The molecule has 5 heteroatoms. The van der Waals surface area contributed by atoms with Crippen molar-refractivity contribution in [3.8, 4) is 11.5 Å². The first-order chi connectivity index (χ1) is 10.2. The number of hydrogen-bond donors (Lipinski definition) is 1. The van der Waals surface area contributed by atoms with Gasteiger partial charge in [-0.1, -0.05) is 0 Å². The summed E-state index contributed by atoms with van der Waals surface area (Å²) in [7, 11) is 0. The lowest BCUT2D eigenvalue weighted by Gasteiger charge is -2.38. The zero-order valence-electron chi connectivity index (χ0n) is 12.4. The number of ether oxygens (including phenoxy) is 2. The van der Waals surface area contributed by atoms with Gasteiger partial charge in [-0.2, -0.15) is 0 Å². The Hall–Kier alpha value is -1.75.